The Balaban J connectivity index is 1.74. The van der Waals surface area contributed by atoms with Crippen LogP contribution in [0.1, 0.15) is 47.0 Å². The van der Waals surface area contributed by atoms with Gasteiger partial charge in [-0.2, -0.15) is 0 Å². The fraction of sp³-hybridized carbons (Fsp3) is 0.650. The predicted octanol–water partition coefficient (Wildman–Crippen LogP) is 4.53. The van der Waals surface area contributed by atoms with Crippen molar-refractivity contribution in [2.75, 3.05) is 31.6 Å². The Kier molecular flexibility index (Phi) is 6.97. The van der Waals surface area contributed by atoms with E-state index < -0.39 is 5.60 Å². The zero-order valence-electron chi connectivity index (χ0n) is 16.0. The molecule has 0 radical (unpaired) electrons. The molecule has 0 saturated carbocycles. The van der Waals surface area contributed by atoms with Crippen LogP contribution in [0.5, 0.6) is 5.75 Å². The maximum Gasteiger partial charge on any atom is 0.410 e. The lowest BCUT2D eigenvalue weighted by Gasteiger charge is -2.33. The second-order valence-corrected chi connectivity index (χ2v) is 7.67. The summed E-state index contributed by atoms with van der Waals surface area (Å²) in [5.41, 5.74) is 0.656. The second-order valence-electron chi connectivity index (χ2n) is 7.67. The van der Waals surface area contributed by atoms with Gasteiger partial charge in [-0.25, -0.2) is 4.79 Å². The van der Waals surface area contributed by atoms with Crippen molar-refractivity contribution in [2.45, 2.75) is 52.6 Å². The number of carbonyl (C=O) groups is 1. The number of rotatable bonds is 6. The van der Waals surface area contributed by atoms with Gasteiger partial charge in [0.2, 0.25) is 0 Å². The number of hydrogen-bond acceptors (Lipinski definition) is 4. The lowest BCUT2D eigenvalue weighted by Crippen LogP contribution is -2.42. The summed E-state index contributed by atoms with van der Waals surface area (Å²) in [7, 11) is 0. The van der Waals surface area contributed by atoms with E-state index in [0.717, 1.165) is 56.9 Å². The summed E-state index contributed by atoms with van der Waals surface area (Å²) in [6, 6.07) is 8.11. The molecule has 1 N–H and O–H groups in total. The van der Waals surface area contributed by atoms with Gasteiger partial charge in [0.1, 0.15) is 11.4 Å². The molecule has 0 aromatic heterocycles. The maximum absolute atomic E-state index is 12.1. The number of piperidine rings is 1. The molecule has 0 aliphatic carbocycles. The summed E-state index contributed by atoms with van der Waals surface area (Å²) in [5, 5.41) is 3.50. The first-order valence-corrected chi connectivity index (χ1v) is 9.32. The predicted molar refractivity (Wildman–Crippen MR) is 101 cm³/mol. The summed E-state index contributed by atoms with van der Waals surface area (Å²) in [6.07, 6.45) is 2.81. The van der Waals surface area contributed by atoms with E-state index in [1.54, 1.807) is 0 Å². The van der Waals surface area contributed by atoms with Gasteiger partial charge in [0.15, 0.2) is 0 Å². The largest absolute Gasteiger partial charge is 0.494 e. The summed E-state index contributed by atoms with van der Waals surface area (Å²) in [6.45, 7) is 11.0. The molecule has 1 aliphatic heterocycles. The molecule has 1 aromatic rings. The van der Waals surface area contributed by atoms with E-state index in [0.29, 0.717) is 5.92 Å². The van der Waals surface area contributed by atoms with Crippen molar-refractivity contribution in [3.05, 3.63) is 24.3 Å². The van der Waals surface area contributed by atoms with Gasteiger partial charge in [0.25, 0.3) is 0 Å². The molecule has 25 heavy (non-hydrogen) atoms. The normalized spacial score (nSPS) is 15.8. The summed E-state index contributed by atoms with van der Waals surface area (Å²) >= 11 is 0. The minimum Gasteiger partial charge on any atom is -0.494 e. The first-order valence-electron chi connectivity index (χ1n) is 9.32. The number of amides is 1. The third-order valence-electron chi connectivity index (χ3n) is 4.17. The highest BCUT2D eigenvalue weighted by atomic mass is 16.6. The van der Waals surface area contributed by atoms with Gasteiger partial charge >= 0.3 is 6.09 Å². The molecule has 1 aliphatic rings. The first kappa shape index (κ1) is 19.4. The van der Waals surface area contributed by atoms with Gasteiger partial charge < -0.3 is 19.7 Å². The molecule has 1 fully saturated rings. The molecule has 140 valence electrons. The molecule has 1 aromatic carbocycles. The number of anilines is 1. The highest BCUT2D eigenvalue weighted by molar-refractivity contribution is 5.68. The topological polar surface area (TPSA) is 50.8 Å². The van der Waals surface area contributed by atoms with Crippen LogP contribution < -0.4 is 10.1 Å². The van der Waals surface area contributed by atoms with E-state index in [9.17, 15) is 4.79 Å². The maximum atomic E-state index is 12.1. The Bertz CT molecular complexity index is 546. The Labute approximate surface area is 151 Å². The van der Waals surface area contributed by atoms with Crippen LogP contribution in [0, 0.1) is 5.92 Å². The lowest BCUT2D eigenvalue weighted by atomic mass is 9.97. The van der Waals surface area contributed by atoms with E-state index in [4.69, 9.17) is 9.47 Å². The second kappa shape index (κ2) is 8.97. The minimum absolute atomic E-state index is 0.195. The van der Waals surface area contributed by atoms with Crippen molar-refractivity contribution in [1.29, 1.82) is 0 Å². The smallest absolute Gasteiger partial charge is 0.410 e. The van der Waals surface area contributed by atoms with E-state index in [1.165, 1.54) is 0 Å². The van der Waals surface area contributed by atoms with Crippen molar-refractivity contribution >= 4 is 11.8 Å². The molecule has 2 rings (SSSR count). The molecule has 0 unspecified atom stereocenters. The number of nitrogens with zero attached hydrogens (tertiary/aromatic N) is 1. The van der Waals surface area contributed by atoms with Gasteiger partial charge in [0, 0.05) is 31.4 Å². The summed E-state index contributed by atoms with van der Waals surface area (Å²) in [4.78, 5) is 13.9. The van der Waals surface area contributed by atoms with E-state index in [1.807, 2.05) is 43.9 Å². The standard InChI is InChI=1S/C20H32N2O3/c1-5-13-24-18-8-6-7-17(14-18)21-15-16-9-11-22(12-10-16)19(23)25-20(2,3)4/h6-8,14,16,21H,5,9-13,15H2,1-4H3. The molecule has 1 heterocycles. The zero-order chi connectivity index (χ0) is 18.3. The molecular formula is C20H32N2O3. The van der Waals surface area contributed by atoms with Crippen LogP contribution in [-0.2, 0) is 4.74 Å². The monoisotopic (exact) mass is 348 g/mol. The Hall–Kier alpha value is -1.91. The van der Waals surface area contributed by atoms with Crippen molar-refractivity contribution < 1.29 is 14.3 Å². The Morgan fingerprint density at radius 3 is 2.64 bits per heavy atom. The number of likely N-dealkylation sites (tertiary alicyclic amines) is 1. The fourth-order valence-electron chi connectivity index (χ4n) is 2.82. The van der Waals surface area contributed by atoms with Gasteiger partial charge in [-0.1, -0.05) is 13.0 Å². The quantitative estimate of drug-likeness (QED) is 0.820. The van der Waals surface area contributed by atoms with Crippen LogP contribution in [0.3, 0.4) is 0 Å². The van der Waals surface area contributed by atoms with Gasteiger partial charge in [-0.3, -0.25) is 0 Å². The SMILES string of the molecule is CCCOc1cccc(NCC2CCN(C(=O)OC(C)(C)C)CC2)c1. The molecule has 0 bridgehead atoms. The Morgan fingerprint density at radius 1 is 1.28 bits per heavy atom. The average Bonchev–Trinajstić information content (AvgIpc) is 2.57. The lowest BCUT2D eigenvalue weighted by molar-refractivity contribution is 0.0188. The van der Waals surface area contributed by atoms with Crippen LogP contribution in [0.25, 0.3) is 0 Å². The van der Waals surface area contributed by atoms with E-state index in [-0.39, 0.29) is 6.09 Å². The van der Waals surface area contributed by atoms with Crippen LogP contribution in [0.2, 0.25) is 0 Å². The minimum atomic E-state index is -0.430. The summed E-state index contributed by atoms with van der Waals surface area (Å²) in [5.74, 6) is 1.48. The van der Waals surface area contributed by atoms with Crippen LogP contribution in [0.15, 0.2) is 24.3 Å². The van der Waals surface area contributed by atoms with Crippen LogP contribution in [0.4, 0.5) is 10.5 Å². The molecule has 1 amide bonds. The molecule has 5 heteroatoms. The summed E-state index contributed by atoms with van der Waals surface area (Å²) < 4.78 is 11.1. The third kappa shape index (κ3) is 6.85. The first-order chi connectivity index (χ1) is 11.9. The molecule has 1 saturated heterocycles. The molecule has 0 spiro atoms. The van der Waals surface area contributed by atoms with Crippen molar-refractivity contribution in [2.24, 2.45) is 5.92 Å². The molecular weight excluding hydrogens is 316 g/mol. The van der Waals surface area contributed by atoms with Gasteiger partial charge in [-0.15, -0.1) is 0 Å². The van der Waals surface area contributed by atoms with Gasteiger partial charge in [-0.05, 0) is 58.1 Å². The molecule has 5 nitrogen and oxygen atoms in total. The van der Waals surface area contributed by atoms with Crippen LogP contribution >= 0.6 is 0 Å². The van der Waals surface area contributed by atoms with Gasteiger partial charge in [0.05, 0.1) is 6.61 Å². The molecule has 0 atom stereocenters. The Morgan fingerprint density at radius 2 is 2.00 bits per heavy atom. The van der Waals surface area contributed by atoms with Crippen molar-refractivity contribution in [1.82, 2.24) is 4.90 Å². The zero-order valence-corrected chi connectivity index (χ0v) is 16.0. The third-order valence-corrected chi connectivity index (χ3v) is 4.17. The van der Waals surface area contributed by atoms with E-state index in [2.05, 4.69) is 18.3 Å². The van der Waals surface area contributed by atoms with Crippen molar-refractivity contribution in [3.63, 3.8) is 0 Å². The van der Waals surface area contributed by atoms with Crippen LogP contribution in [-0.4, -0.2) is 42.8 Å². The van der Waals surface area contributed by atoms with Crippen molar-refractivity contribution in [3.8, 4) is 5.75 Å². The van der Waals surface area contributed by atoms with E-state index >= 15 is 0 Å². The number of nitrogens with one attached hydrogen (secondary N) is 1. The highest BCUT2D eigenvalue weighted by Gasteiger charge is 2.26. The number of ether oxygens (including phenoxy) is 2. The number of carbonyl (C=O) groups excluding carboxylic acids is 1. The average molecular weight is 348 g/mol. The fourth-order valence-corrected chi connectivity index (χ4v) is 2.82. The highest BCUT2D eigenvalue weighted by Crippen LogP contribution is 2.22. The number of hydrogen-bond donors (Lipinski definition) is 1. The number of benzene rings is 1.